The first-order chi connectivity index (χ1) is 7.74. The largest absolute Gasteiger partial charge is 0.394 e. The summed E-state index contributed by atoms with van der Waals surface area (Å²) in [6, 6.07) is 8.16. The lowest BCUT2D eigenvalue weighted by Gasteiger charge is -2.07. The molecule has 2 heteroatoms. The van der Waals surface area contributed by atoms with Crippen LogP contribution < -0.4 is 5.32 Å². The van der Waals surface area contributed by atoms with Gasteiger partial charge in [0.15, 0.2) is 0 Å². The molecule has 0 heterocycles. The van der Waals surface area contributed by atoms with Gasteiger partial charge in [0.2, 0.25) is 0 Å². The van der Waals surface area contributed by atoms with Crippen molar-refractivity contribution in [3.63, 3.8) is 0 Å². The van der Waals surface area contributed by atoms with Crippen LogP contribution in [0.3, 0.4) is 0 Å². The molecule has 0 radical (unpaired) electrons. The Kier molecular flexibility index (Phi) is 4.35. The molecule has 0 saturated carbocycles. The van der Waals surface area contributed by atoms with E-state index in [0.29, 0.717) is 0 Å². The molecular weight excluding hydrogens is 196 g/mol. The Morgan fingerprint density at radius 3 is 2.75 bits per heavy atom. The number of benzene rings is 1. The molecule has 0 amide bonds. The van der Waals surface area contributed by atoms with Crippen LogP contribution in [-0.4, -0.2) is 7.05 Å². The molecule has 0 saturated heterocycles. The lowest BCUT2D eigenvalue weighted by molar-refractivity contribution is 1.10. The minimum Gasteiger partial charge on any atom is -0.394 e. The first kappa shape index (κ1) is 12.1. The monoisotopic (exact) mass is 212 g/mol. The summed E-state index contributed by atoms with van der Waals surface area (Å²) >= 11 is 0. The third-order valence-electron chi connectivity index (χ3n) is 2.44. The van der Waals surface area contributed by atoms with Crippen molar-refractivity contribution >= 4 is 5.57 Å². The second kappa shape index (κ2) is 5.77. The predicted octanol–water partition coefficient (Wildman–Crippen LogP) is 3.00. The maximum atomic E-state index is 9.15. The van der Waals surface area contributed by atoms with Gasteiger partial charge in [-0.2, -0.15) is 5.26 Å². The zero-order valence-electron chi connectivity index (χ0n) is 9.91. The first-order valence-corrected chi connectivity index (χ1v) is 5.24. The summed E-state index contributed by atoms with van der Waals surface area (Å²) in [6.45, 7) is 3.93. The van der Waals surface area contributed by atoms with Gasteiger partial charge in [0.25, 0.3) is 0 Å². The Bertz CT molecular complexity index is 462. The molecule has 0 bridgehead atoms. The van der Waals surface area contributed by atoms with E-state index in [1.165, 1.54) is 0 Å². The molecule has 1 aromatic rings. The van der Waals surface area contributed by atoms with E-state index in [0.717, 1.165) is 22.3 Å². The average molecular weight is 212 g/mol. The summed E-state index contributed by atoms with van der Waals surface area (Å²) in [5.41, 5.74) is 3.79. The highest BCUT2D eigenvalue weighted by Crippen LogP contribution is 2.22. The van der Waals surface area contributed by atoms with Gasteiger partial charge >= 0.3 is 0 Å². The van der Waals surface area contributed by atoms with Crippen LogP contribution in [0.1, 0.15) is 23.6 Å². The number of aryl methyl sites for hydroxylation is 1. The van der Waals surface area contributed by atoms with E-state index in [1.807, 2.05) is 57.4 Å². The van der Waals surface area contributed by atoms with Gasteiger partial charge in [-0.25, -0.2) is 0 Å². The molecule has 0 spiro atoms. The fraction of sp³-hybridized carbons (Fsp3) is 0.214. The van der Waals surface area contributed by atoms with Crippen LogP contribution in [0.15, 0.2) is 36.6 Å². The molecular formula is C14H16N2. The number of nitrogens with zero attached hydrogens (tertiary/aromatic N) is 1. The van der Waals surface area contributed by atoms with Crippen LogP contribution in [0.5, 0.6) is 0 Å². The zero-order chi connectivity index (χ0) is 12.0. The van der Waals surface area contributed by atoms with E-state index >= 15 is 0 Å². The SMILES string of the molecule is C/C=C(\C=C/NC)c1cccc(C)c1C#N. The van der Waals surface area contributed by atoms with Gasteiger partial charge in [-0.1, -0.05) is 24.3 Å². The topological polar surface area (TPSA) is 35.8 Å². The highest BCUT2D eigenvalue weighted by molar-refractivity contribution is 5.78. The van der Waals surface area contributed by atoms with E-state index in [9.17, 15) is 0 Å². The summed E-state index contributed by atoms with van der Waals surface area (Å²) in [5.74, 6) is 0. The van der Waals surface area contributed by atoms with Gasteiger partial charge < -0.3 is 5.32 Å². The number of hydrogen-bond donors (Lipinski definition) is 1. The van der Waals surface area contributed by atoms with Crippen molar-refractivity contribution in [1.29, 1.82) is 5.26 Å². The Hall–Kier alpha value is -2.01. The highest BCUT2D eigenvalue weighted by atomic mass is 14.8. The van der Waals surface area contributed by atoms with Crippen molar-refractivity contribution < 1.29 is 0 Å². The minimum absolute atomic E-state index is 0.747. The molecule has 0 atom stereocenters. The number of nitriles is 1. The van der Waals surface area contributed by atoms with Crippen LogP contribution >= 0.6 is 0 Å². The fourth-order valence-corrected chi connectivity index (χ4v) is 1.57. The highest BCUT2D eigenvalue weighted by Gasteiger charge is 2.06. The molecule has 82 valence electrons. The van der Waals surface area contributed by atoms with Gasteiger partial charge in [0.05, 0.1) is 5.56 Å². The molecule has 1 N–H and O–H groups in total. The normalized spacial score (nSPS) is 11.5. The van der Waals surface area contributed by atoms with Crippen LogP contribution in [0.25, 0.3) is 5.57 Å². The van der Waals surface area contributed by atoms with Crippen LogP contribution in [0.2, 0.25) is 0 Å². The number of rotatable bonds is 3. The van der Waals surface area contributed by atoms with E-state index in [4.69, 9.17) is 5.26 Å². The van der Waals surface area contributed by atoms with E-state index in [2.05, 4.69) is 11.4 Å². The molecule has 16 heavy (non-hydrogen) atoms. The number of nitrogens with one attached hydrogen (secondary N) is 1. The Labute approximate surface area is 96.9 Å². The van der Waals surface area contributed by atoms with Gasteiger partial charge in [0, 0.05) is 7.05 Å². The van der Waals surface area contributed by atoms with Crippen molar-refractivity contribution in [2.24, 2.45) is 0 Å². The van der Waals surface area contributed by atoms with Gasteiger partial charge in [0.1, 0.15) is 6.07 Å². The summed E-state index contributed by atoms with van der Waals surface area (Å²) in [6.07, 6.45) is 5.83. The smallest absolute Gasteiger partial charge is 0.100 e. The Morgan fingerprint density at radius 1 is 1.44 bits per heavy atom. The standard InChI is InChI=1S/C14H16N2/c1-4-12(8-9-16-3)13-7-5-6-11(2)14(13)10-15/h4-9,16H,1-3H3/b9-8-,12-4+. The minimum atomic E-state index is 0.747. The molecule has 2 nitrogen and oxygen atoms in total. The predicted molar refractivity (Wildman–Crippen MR) is 67.7 cm³/mol. The van der Waals surface area contributed by atoms with Gasteiger partial charge in [-0.3, -0.25) is 0 Å². The maximum absolute atomic E-state index is 9.15. The average Bonchev–Trinajstić information content (AvgIpc) is 2.30. The van der Waals surface area contributed by atoms with Crippen LogP contribution in [-0.2, 0) is 0 Å². The summed E-state index contributed by atoms with van der Waals surface area (Å²) in [5, 5.41) is 12.1. The van der Waals surface area contributed by atoms with Crippen molar-refractivity contribution in [2.45, 2.75) is 13.8 Å². The second-order valence-corrected chi connectivity index (χ2v) is 3.48. The van der Waals surface area contributed by atoms with Crippen molar-refractivity contribution in [3.8, 4) is 6.07 Å². The third-order valence-corrected chi connectivity index (χ3v) is 2.44. The first-order valence-electron chi connectivity index (χ1n) is 5.24. The molecule has 1 rings (SSSR count). The van der Waals surface area contributed by atoms with E-state index in [-0.39, 0.29) is 0 Å². The van der Waals surface area contributed by atoms with Crippen molar-refractivity contribution in [2.75, 3.05) is 7.05 Å². The molecule has 0 aromatic heterocycles. The summed E-state index contributed by atoms with van der Waals surface area (Å²) in [4.78, 5) is 0. The Balaban J connectivity index is 3.27. The van der Waals surface area contributed by atoms with E-state index < -0.39 is 0 Å². The fourth-order valence-electron chi connectivity index (χ4n) is 1.57. The Morgan fingerprint density at radius 2 is 2.19 bits per heavy atom. The molecule has 0 fully saturated rings. The van der Waals surface area contributed by atoms with E-state index in [1.54, 1.807) is 0 Å². The number of allylic oxidation sites excluding steroid dienone is 3. The van der Waals surface area contributed by atoms with Crippen molar-refractivity contribution in [1.82, 2.24) is 5.32 Å². The molecule has 0 unspecified atom stereocenters. The van der Waals surface area contributed by atoms with Gasteiger partial charge in [-0.05, 0) is 42.8 Å². The lowest BCUT2D eigenvalue weighted by atomic mass is 9.96. The van der Waals surface area contributed by atoms with Crippen LogP contribution in [0, 0.1) is 18.3 Å². The van der Waals surface area contributed by atoms with Gasteiger partial charge in [-0.15, -0.1) is 0 Å². The summed E-state index contributed by atoms with van der Waals surface area (Å²) in [7, 11) is 1.85. The molecule has 0 aliphatic rings. The maximum Gasteiger partial charge on any atom is 0.100 e. The van der Waals surface area contributed by atoms with Crippen molar-refractivity contribution in [3.05, 3.63) is 53.2 Å². The van der Waals surface area contributed by atoms with Crippen LogP contribution in [0.4, 0.5) is 0 Å². The zero-order valence-corrected chi connectivity index (χ0v) is 9.91. The third kappa shape index (κ3) is 2.52. The quantitative estimate of drug-likeness (QED) is 0.782. The second-order valence-electron chi connectivity index (χ2n) is 3.48. The lowest BCUT2D eigenvalue weighted by Crippen LogP contribution is -1.94. The summed E-state index contributed by atoms with van der Waals surface area (Å²) < 4.78 is 0. The molecule has 0 aliphatic carbocycles. The molecule has 0 aliphatic heterocycles. The number of hydrogen-bond acceptors (Lipinski definition) is 2. The molecule has 1 aromatic carbocycles.